The third-order valence-electron chi connectivity index (χ3n) is 6.29. The number of carbonyl (C=O) groups is 2. The summed E-state index contributed by atoms with van der Waals surface area (Å²) in [5.41, 5.74) is 0.805. The van der Waals surface area contributed by atoms with Crippen LogP contribution in [-0.4, -0.2) is 79.0 Å². The second kappa shape index (κ2) is 11.2. The second-order valence-corrected chi connectivity index (χ2v) is 8.45. The molecule has 1 fully saturated rings. The maximum Gasteiger partial charge on any atom is 0.274 e. The van der Waals surface area contributed by atoms with E-state index in [4.69, 9.17) is 4.74 Å². The van der Waals surface area contributed by atoms with Crippen LogP contribution in [0.4, 0.5) is 5.82 Å². The van der Waals surface area contributed by atoms with Crippen LogP contribution >= 0.6 is 0 Å². The summed E-state index contributed by atoms with van der Waals surface area (Å²) < 4.78 is 5.97. The fourth-order valence-electron chi connectivity index (χ4n) is 4.32. The first-order chi connectivity index (χ1) is 16.2. The molecule has 176 valence electrons. The van der Waals surface area contributed by atoms with Crippen LogP contribution in [-0.2, 0) is 9.59 Å². The average molecular weight is 452 g/mol. The van der Waals surface area contributed by atoms with Gasteiger partial charge in [-0.25, -0.2) is 4.98 Å². The zero-order valence-electron chi connectivity index (χ0n) is 19.3. The summed E-state index contributed by atoms with van der Waals surface area (Å²) >= 11 is 0. The first kappa shape index (κ1) is 23.2. The van der Waals surface area contributed by atoms with Crippen LogP contribution in [0.2, 0.25) is 0 Å². The Morgan fingerprint density at radius 2 is 1.82 bits per heavy atom. The number of hydrogen-bond donors (Lipinski definition) is 1. The van der Waals surface area contributed by atoms with Crippen LogP contribution < -0.4 is 15.0 Å². The molecule has 1 saturated heterocycles. The van der Waals surface area contributed by atoms with Crippen molar-refractivity contribution < 1.29 is 14.3 Å². The number of fused-ring (bicyclic) bond motifs is 1. The van der Waals surface area contributed by atoms with Gasteiger partial charge in [0.25, 0.3) is 5.91 Å². The molecule has 1 atom stereocenters. The number of ether oxygens (including phenoxy) is 1. The van der Waals surface area contributed by atoms with Crippen molar-refractivity contribution in [3.05, 3.63) is 54.2 Å². The second-order valence-electron chi connectivity index (χ2n) is 8.45. The molecule has 2 amide bonds. The summed E-state index contributed by atoms with van der Waals surface area (Å²) in [5.74, 6) is 0.961. The minimum absolute atomic E-state index is 0.0174. The molecule has 1 N–H and O–H groups in total. The van der Waals surface area contributed by atoms with Crippen LogP contribution in [0.25, 0.3) is 0 Å². The summed E-state index contributed by atoms with van der Waals surface area (Å²) in [6.07, 6.45) is 1.87. The van der Waals surface area contributed by atoms with E-state index in [2.05, 4.69) is 27.0 Å². The zero-order chi connectivity index (χ0) is 23.0. The first-order valence-electron chi connectivity index (χ1n) is 11.8. The number of carbonyl (C=O) groups excluding carboxylic acids is 2. The van der Waals surface area contributed by atoms with Gasteiger partial charge in [-0.2, -0.15) is 0 Å². The molecule has 0 bridgehead atoms. The summed E-state index contributed by atoms with van der Waals surface area (Å²) in [6.45, 7) is 9.54. The van der Waals surface area contributed by atoms with Crippen molar-refractivity contribution in [2.24, 2.45) is 0 Å². The molecule has 3 heterocycles. The van der Waals surface area contributed by atoms with Gasteiger partial charge in [0.2, 0.25) is 12.0 Å². The highest BCUT2D eigenvalue weighted by Gasteiger charge is 2.36. The molecule has 2 aromatic rings. The minimum Gasteiger partial charge on any atom is -0.472 e. The Morgan fingerprint density at radius 1 is 1.06 bits per heavy atom. The summed E-state index contributed by atoms with van der Waals surface area (Å²) in [5, 5.41) is 3.02. The Morgan fingerprint density at radius 3 is 2.58 bits per heavy atom. The third-order valence-corrected chi connectivity index (χ3v) is 6.29. The molecule has 1 aromatic heterocycles. The standard InChI is InChI=1S/C25H33N5O3/c1-2-28-16-18-29(19-17-28)15-13-26-22(31)11-7-14-30-24-21(10-6-12-27-24)33-23(25(30)32)20-8-4-3-5-9-20/h3-6,8-10,12,23H,2,7,11,13-19H2,1H3,(H,26,31). The summed E-state index contributed by atoms with van der Waals surface area (Å²) in [4.78, 5) is 36.4. The number of amides is 2. The van der Waals surface area contributed by atoms with E-state index in [1.54, 1.807) is 17.2 Å². The molecule has 0 radical (unpaired) electrons. The monoisotopic (exact) mass is 451 g/mol. The number of likely N-dealkylation sites (N-methyl/N-ethyl adjacent to an activating group) is 1. The van der Waals surface area contributed by atoms with Crippen LogP contribution in [0.3, 0.4) is 0 Å². The van der Waals surface area contributed by atoms with Gasteiger partial charge in [0.05, 0.1) is 0 Å². The molecule has 33 heavy (non-hydrogen) atoms. The SMILES string of the molecule is CCN1CCN(CCNC(=O)CCCN2C(=O)C(c3ccccc3)Oc3cccnc32)CC1. The molecular formula is C25H33N5O3. The number of hydrogen-bond acceptors (Lipinski definition) is 6. The van der Waals surface area contributed by atoms with Crippen LogP contribution in [0.5, 0.6) is 5.75 Å². The van der Waals surface area contributed by atoms with Crippen molar-refractivity contribution in [3.8, 4) is 5.75 Å². The zero-order valence-corrected chi connectivity index (χ0v) is 19.3. The van der Waals surface area contributed by atoms with Gasteiger partial charge in [0, 0.05) is 64.0 Å². The van der Waals surface area contributed by atoms with Gasteiger partial charge in [-0.3, -0.25) is 19.4 Å². The minimum atomic E-state index is -0.704. The topological polar surface area (TPSA) is 78.0 Å². The molecule has 0 aliphatic carbocycles. The molecule has 2 aliphatic rings. The maximum atomic E-state index is 13.2. The average Bonchev–Trinajstić information content (AvgIpc) is 2.86. The van der Waals surface area contributed by atoms with Gasteiger partial charge in [0.15, 0.2) is 11.6 Å². The van der Waals surface area contributed by atoms with Gasteiger partial charge in [0.1, 0.15) is 0 Å². The van der Waals surface area contributed by atoms with Crippen molar-refractivity contribution in [1.29, 1.82) is 0 Å². The number of benzene rings is 1. The fraction of sp³-hybridized carbons (Fsp3) is 0.480. The maximum absolute atomic E-state index is 13.2. The van der Waals surface area contributed by atoms with Gasteiger partial charge in [-0.15, -0.1) is 0 Å². The van der Waals surface area contributed by atoms with Crippen molar-refractivity contribution in [2.75, 3.05) is 57.3 Å². The number of rotatable bonds is 9. The van der Waals surface area contributed by atoms with Crippen molar-refractivity contribution in [1.82, 2.24) is 20.1 Å². The molecule has 1 unspecified atom stereocenters. The highest BCUT2D eigenvalue weighted by molar-refractivity contribution is 5.99. The first-order valence-corrected chi connectivity index (χ1v) is 11.8. The number of nitrogens with zero attached hydrogens (tertiary/aromatic N) is 4. The Bertz CT molecular complexity index is 931. The molecule has 8 heteroatoms. The predicted molar refractivity (Wildman–Crippen MR) is 127 cm³/mol. The molecule has 0 spiro atoms. The highest BCUT2D eigenvalue weighted by atomic mass is 16.5. The molecule has 4 rings (SSSR count). The summed E-state index contributed by atoms with van der Waals surface area (Å²) in [6, 6.07) is 13.1. The Hall–Kier alpha value is -2.97. The van der Waals surface area contributed by atoms with Gasteiger partial charge in [-0.1, -0.05) is 37.3 Å². The van der Waals surface area contributed by atoms with Gasteiger partial charge < -0.3 is 15.0 Å². The quantitative estimate of drug-likeness (QED) is 0.629. The van der Waals surface area contributed by atoms with Gasteiger partial charge in [-0.05, 0) is 25.1 Å². The number of pyridine rings is 1. The molecular weight excluding hydrogens is 418 g/mol. The molecule has 2 aliphatic heterocycles. The van der Waals surface area contributed by atoms with Crippen LogP contribution in [0.1, 0.15) is 31.4 Å². The van der Waals surface area contributed by atoms with Crippen LogP contribution in [0.15, 0.2) is 48.7 Å². The van der Waals surface area contributed by atoms with E-state index in [-0.39, 0.29) is 11.8 Å². The predicted octanol–water partition coefficient (Wildman–Crippen LogP) is 2.08. The van der Waals surface area contributed by atoms with Crippen molar-refractivity contribution in [2.45, 2.75) is 25.9 Å². The Labute approximate surface area is 195 Å². The van der Waals surface area contributed by atoms with E-state index < -0.39 is 6.10 Å². The smallest absolute Gasteiger partial charge is 0.274 e. The number of aromatic nitrogens is 1. The van der Waals surface area contributed by atoms with E-state index in [1.165, 1.54) is 0 Å². The van der Waals surface area contributed by atoms with Crippen molar-refractivity contribution >= 4 is 17.6 Å². The number of nitrogens with one attached hydrogen (secondary N) is 1. The van der Waals surface area contributed by atoms with E-state index in [1.807, 2.05) is 36.4 Å². The Balaban J connectivity index is 1.26. The lowest BCUT2D eigenvalue weighted by Gasteiger charge is -2.34. The largest absolute Gasteiger partial charge is 0.472 e. The Kier molecular flexibility index (Phi) is 7.91. The molecule has 1 aromatic carbocycles. The van der Waals surface area contributed by atoms with E-state index >= 15 is 0 Å². The van der Waals surface area contributed by atoms with E-state index in [0.717, 1.165) is 44.8 Å². The fourth-order valence-corrected chi connectivity index (χ4v) is 4.32. The normalized spacial score (nSPS) is 19.1. The molecule has 8 nitrogen and oxygen atoms in total. The highest BCUT2D eigenvalue weighted by Crippen LogP contribution is 2.37. The van der Waals surface area contributed by atoms with Crippen LogP contribution in [0, 0.1) is 0 Å². The number of anilines is 1. The lowest BCUT2D eigenvalue weighted by molar-refractivity contribution is -0.127. The van der Waals surface area contributed by atoms with Gasteiger partial charge >= 0.3 is 0 Å². The summed E-state index contributed by atoms with van der Waals surface area (Å²) in [7, 11) is 0. The number of piperazine rings is 1. The lowest BCUT2D eigenvalue weighted by Crippen LogP contribution is -2.48. The third kappa shape index (κ3) is 5.89. The van der Waals surface area contributed by atoms with E-state index in [0.29, 0.717) is 37.5 Å². The van der Waals surface area contributed by atoms with Crippen molar-refractivity contribution in [3.63, 3.8) is 0 Å². The lowest BCUT2D eigenvalue weighted by atomic mass is 10.1. The van der Waals surface area contributed by atoms with E-state index in [9.17, 15) is 9.59 Å². The molecule has 0 saturated carbocycles.